The molecule has 0 aromatic carbocycles. The minimum atomic E-state index is -0.0327. The van der Waals surface area contributed by atoms with E-state index in [2.05, 4.69) is 20.1 Å². The highest BCUT2D eigenvalue weighted by Crippen LogP contribution is 2.61. The zero-order valence-corrected chi connectivity index (χ0v) is 14.1. The number of hydrogen-bond acceptors (Lipinski definition) is 2. The highest BCUT2D eigenvalue weighted by atomic mass is 16.3. The van der Waals surface area contributed by atoms with E-state index in [1.807, 2.05) is 0 Å². The second-order valence-electron chi connectivity index (χ2n) is 8.32. The first-order valence-corrected chi connectivity index (χ1v) is 9.31. The molecule has 4 aliphatic carbocycles. The van der Waals surface area contributed by atoms with Crippen molar-refractivity contribution in [2.45, 2.75) is 70.8 Å². The molecule has 0 spiro atoms. The molecule has 4 aliphatic rings. The number of Topliss-reactive ketones (excluding diaryl/α,β-unsaturated/α-hetero) is 1. The number of aliphatic hydroxyl groups is 1. The van der Waals surface area contributed by atoms with Crippen LogP contribution in [0.25, 0.3) is 0 Å². The van der Waals surface area contributed by atoms with Crippen molar-refractivity contribution in [3.8, 4) is 0 Å². The van der Waals surface area contributed by atoms with E-state index >= 15 is 0 Å². The van der Waals surface area contributed by atoms with Gasteiger partial charge in [-0.05, 0) is 81.0 Å². The minimum Gasteiger partial charge on any atom is -0.393 e. The summed E-state index contributed by atoms with van der Waals surface area (Å²) in [7, 11) is 0. The average molecular weight is 304 g/mol. The first-order chi connectivity index (χ1) is 10.6. The molecule has 2 heteroatoms. The second-order valence-corrected chi connectivity index (χ2v) is 8.32. The summed E-state index contributed by atoms with van der Waals surface area (Å²) in [6.45, 7) is 8.26. The maximum Gasteiger partial charge on any atom is 0.139 e. The lowest BCUT2D eigenvalue weighted by molar-refractivity contribution is -0.133. The standard InChI is InChI=1S/C18H28O2.C2H4/c1-18-9-8-14-13-5-3-12(19)10-11(13)2-4-15(14)16(18)6-7-17(18)20;1-2/h11-16,19H,2-10H2,1H3;1-2H2/t11-,12?,13+,14-,15-,16+,18+;/m1./s1. The van der Waals surface area contributed by atoms with Gasteiger partial charge in [-0.25, -0.2) is 0 Å². The SMILES string of the molecule is C=C.C[C@]12CC[C@H]3[C@@H](CC[C@@H]4CC(O)CC[C@@H]43)[C@@H]1CCC2=O. The van der Waals surface area contributed by atoms with Gasteiger partial charge in [0.25, 0.3) is 0 Å². The number of aliphatic hydroxyl groups excluding tert-OH is 1. The molecule has 0 bridgehead atoms. The molecule has 0 aromatic heterocycles. The quantitative estimate of drug-likeness (QED) is 0.675. The molecule has 0 aromatic rings. The summed E-state index contributed by atoms with van der Waals surface area (Å²) in [6, 6.07) is 0. The van der Waals surface area contributed by atoms with Gasteiger partial charge in [0.1, 0.15) is 5.78 Å². The van der Waals surface area contributed by atoms with Crippen LogP contribution < -0.4 is 0 Å². The van der Waals surface area contributed by atoms with Gasteiger partial charge in [-0.3, -0.25) is 4.79 Å². The van der Waals surface area contributed by atoms with Crippen LogP contribution in [-0.4, -0.2) is 17.0 Å². The van der Waals surface area contributed by atoms with Gasteiger partial charge in [0.05, 0.1) is 6.10 Å². The Morgan fingerprint density at radius 2 is 1.73 bits per heavy atom. The van der Waals surface area contributed by atoms with Crippen molar-refractivity contribution in [3.05, 3.63) is 13.2 Å². The van der Waals surface area contributed by atoms with Gasteiger partial charge in [0.2, 0.25) is 0 Å². The third kappa shape index (κ3) is 2.38. The Morgan fingerprint density at radius 1 is 1.00 bits per heavy atom. The van der Waals surface area contributed by atoms with Crippen LogP contribution >= 0.6 is 0 Å². The van der Waals surface area contributed by atoms with Crippen LogP contribution in [0.1, 0.15) is 64.7 Å². The molecule has 4 saturated carbocycles. The molecular formula is C20H32O2. The average Bonchev–Trinajstić information content (AvgIpc) is 2.84. The fourth-order valence-corrected chi connectivity index (χ4v) is 6.60. The number of carbonyl (C=O) groups is 1. The Hall–Kier alpha value is -0.630. The van der Waals surface area contributed by atoms with Crippen molar-refractivity contribution in [1.82, 2.24) is 0 Å². The number of hydrogen-bond donors (Lipinski definition) is 1. The predicted molar refractivity (Wildman–Crippen MR) is 89.4 cm³/mol. The van der Waals surface area contributed by atoms with Gasteiger partial charge in [0.15, 0.2) is 0 Å². The summed E-state index contributed by atoms with van der Waals surface area (Å²) in [5.41, 5.74) is 0.0299. The van der Waals surface area contributed by atoms with Crippen LogP contribution in [-0.2, 0) is 4.79 Å². The summed E-state index contributed by atoms with van der Waals surface area (Å²) in [4.78, 5) is 12.3. The Morgan fingerprint density at radius 3 is 2.50 bits per heavy atom. The Labute approximate surface area is 135 Å². The normalized spacial score (nSPS) is 50.2. The molecule has 0 heterocycles. The van der Waals surface area contributed by atoms with E-state index in [9.17, 15) is 9.90 Å². The van der Waals surface area contributed by atoms with E-state index in [0.29, 0.717) is 11.7 Å². The Kier molecular flexibility index (Phi) is 4.51. The molecule has 0 amide bonds. The molecule has 4 rings (SSSR count). The molecule has 22 heavy (non-hydrogen) atoms. The minimum absolute atomic E-state index is 0.0299. The molecule has 124 valence electrons. The van der Waals surface area contributed by atoms with Crippen LogP contribution in [0.2, 0.25) is 0 Å². The lowest BCUT2D eigenvalue weighted by Gasteiger charge is -2.54. The summed E-state index contributed by atoms with van der Waals surface area (Å²) in [5, 5.41) is 9.93. The molecule has 4 fully saturated rings. The zero-order valence-electron chi connectivity index (χ0n) is 14.1. The first-order valence-electron chi connectivity index (χ1n) is 9.31. The van der Waals surface area contributed by atoms with Crippen LogP contribution in [0.5, 0.6) is 0 Å². The highest BCUT2D eigenvalue weighted by Gasteiger charge is 2.56. The van der Waals surface area contributed by atoms with Crippen molar-refractivity contribution >= 4 is 5.78 Å². The molecular weight excluding hydrogens is 272 g/mol. The van der Waals surface area contributed by atoms with E-state index in [0.717, 1.165) is 55.8 Å². The van der Waals surface area contributed by atoms with Crippen molar-refractivity contribution in [2.24, 2.45) is 35.0 Å². The van der Waals surface area contributed by atoms with Gasteiger partial charge >= 0.3 is 0 Å². The largest absolute Gasteiger partial charge is 0.393 e. The first kappa shape index (κ1) is 16.2. The van der Waals surface area contributed by atoms with E-state index in [1.165, 1.54) is 25.7 Å². The molecule has 2 nitrogen and oxygen atoms in total. The molecule has 0 saturated heterocycles. The smallest absolute Gasteiger partial charge is 0.139 e. The summed E-state index contributed by atoms with van der Waals surface area (Å²) >= 11 is 0. The third-order valence-corrected chi connectivity index (χ3v) is 7.64. The van der Waals surface area contributed by atoms with Gasteiger partial charge in [0, 0.05) is 11.8 Å². The fourth-order valence-electron chi connectivity index (χ4n) is 6.60. The second kappa shape index (κ2) is 6.11. The van der Waals surface area contributed by atoms with E-state index < -0.39 is 0 Å². The number of rotatable bonds is 0. The summed E-state index contributed by atoms with van der Waals surface area (Å²) in [5.74, 6) is 4.56. The highest BCUT2D eigenvalue weighted by molar-refractivity contribution is 5.87. The maximum atomic E-state index is 12.3. The number of fused-ring (bicyclic) bond motifs is 5. The predicted octanol–water partition coefficient (Wildman–Crippen LogP) is 4.37. The van der Waals surface area contributed by atoms with Crippen molar-refractivity contribution < 1.29 is 9.90 Å². The molecule has 1 unspecified atom stereocenters. The molecule has 1 N–H and O–H groups in total. The van der Waals surface area contributed by atoms with E-state index in [1.54, 1.807) is 0 Å². The van der Waals surface area contributed by atoms with Crippen molar-refractivity contribution in [3.63, 3.8) is 0 Å². The lowest BCUT2D eigenvalue weighted by atomic mass is 9.50. The summed E-state index contributed by atoms with van der Waals surface area (Å²) in [6.07, 6.45) is 10.3. The van der Waals surface area contributed by atoms with E-state index in [-0.39, 0.29) is 11.5 Å². The van der Waals surface area contributed by atoms with E-state index in [4.69, 9.17) is 0 Å². The monoisotopic (exact) mass is 304 g/mol. The summed E-state index contributed by atoms with van der Waals surface area (Å²) < 4.78 is 0. The number of carbonyl (C=O) groups excluding carboxylic acids is 1. The van der Waals surface area contributed by atoms with Crippen molar-refractivity contribution in [2.75, 3.05) is 0 Å². The molecule has 7 atom stereocenters. The van der Waals surface area contributed by atoms with Gasteiger partial charge in [-0.1, -0.05) is 6.92 Å². The van der Waals surface area contributed by atoms with Crippen LogP contribution in [0, 0.1) is 35.0 Å². The van der Waals surface area contributed by atoms with Gasteiger partial charge < -0.3 is 5.11 Å². The molecule has 0 radical (unpaired) electrons. The zero-order chi connectivity index (χ0) is 15.9. The van der Waals surface area contributed by atoms with Gasteiger partial charge in [-0.15, -0.1) is 13.2 Å². The van der Waals surface area contributed by atoms with Gasteiger partial charge in [-0.2, -0.15) is 0 Å². The van der Waals surface area contributed by atoms with Crippen LogP contribution in [0.4, 0.5) is 0 Å². The lowest BCUT2D eigenvalue weighted by Crippen LogP contribution is -2.49. The topological polar surface area (TPSA) is 37.3 Å². The van der Waals surface area contributed by atoms with Crippen LogP contribution in [0.15, 0.2) is 13.2 Å². The Bertz CT molecular complexity index is 431. The Balaban J connectivity index is 0.000000693. The maximum absolute atomic E-state index is 12.3. The molecule has 0 aliphatic heterocycles. The fraction of sp³-hybridized carbons (Fsp3) is 0.850. The van der Waals surface area contributed by atoms with Crippen LogP contribution in [0.3, 0.4) is 0 Å². The number of ketones is 1. The third-order valence-electron chi connectivity index (χ3n) is 7.64. The van der Waals surface area contributed by atoms with Crippen molar-refractivity contribution in [1.29, 1.82) is 0 Å².